The van der Waals surface area contributed by atoms with Crippen LogP contribution in [0.15, 0.2) is 12.2 Å². The van der Waals surface area contributed by atoms with E-state index in [0.29, 0.717) is 19.3 Å². The summed E-state index contributed by atoms with van der Waals surface area (Å²) < 4.78 is 0.865. The Morgan fingerprint density at radius 1 is 0.514 bits per heavy atom. The average Bonchev–Trinajstić information content (AvgIpc) is 2.80. The van der Waals surface area contributed by atoms with E-state index in [4.69, 9.17) is 15.3 Å². The molecule has 0 amide bonds. The molecule has 0 rings (SSSR count). The minimum Gasteiger partial charge on any atom is -0.481 e. The van der Waals surface area contributed by atoms with Gasteiger partial charge in [0.2, 0.25) is 0 Å². The van der Waals surface area contributed by atoms with Crippen molar-refractivity contribution in [3.8, 4) is 0 Å². The standard InChI is InChI=1S/C28H51NO6/c1-2-3-4-5-6-7-8-9-10-11-15-22-29(23-16-12-19-26(30)31,24-17-13-20-27(32)33)25-18-14-21-28(34)35/h2-3H,4-25H2,1H3,(H2-,30,31,32,33,34,35)/p+1/b3-2+. The second kappa shape index (κ2) is 22.6. The van der Waals surface area contributed by atoms with Crippen LogP contribution in [0.5, 0.6) is 0 Å². The van der Waals surface area contributed by atoms with Gasteiger partial charge in [-0.25, -0.2) is 0 Å². The maximum absolute atomic E-state index is 10.9. The van der Waals surface area contributed by atoms with Gasteiger partial charge in [0.1, 0.15) is 0 Å². The van der Waals surface area contributed by atoms with Crippen molar-refractivity contribution in [3.63, 3.8) is 0 Å². The monoisotopic (exact) mass is 498 g/mol. The first-order chi connectivity index (χ1) is 16.8. The van der Waals surface area contributed by atoms with Crippen LogP contribution in [0, 0.1) is 0 Å². The number of quaternary nitrogens is 1. The van der Waals surface area contributed by atoms with E-state index >= 15 is 0 Å². The molecule has 0 aromatic heterocycles. The molecular formula is C28H52NO6+. The Labute approximate surface area is 213 Å². The lowest BCUT2D eigenvalue weighted by Gasteiger charge is -2.39. The highest BCUT2D eigenvalue weighted by Gasteiger charge is 2.26. The minimum atomic E-state index is -0.771. The Bertz CT molecular complexity index is 535. The van der Waals surface area contributed by atoms with Crippen molar-refractivity contribution in [2.75, 3.05) is 26.2 Å². The molecule has 204 valence electrons. The molecule has 0 saturated heterocycles. The first-order valence-corrected chi connectivity index (χ1v) is 13.9. The largest absolute Gasteiger partial charge is 0.481 e. The molecule has 0 aromatic carbocycles. The Kier molecular flexibility index (Phi) is 21.3. The van der Waals surface area contributed by atoms with E-state index in [2.05, 4.69) is 19.1 Å². The lowest BCUT2D eigenvalue weighted by molar-refractivity contribution is -0.929. The van der Waals surface area contributed by atoms with Crippen LogP contribution < -0.4 is 0 Å². The number of carbonyl (C=O) groups is 3. The van der Waals surface area contributed by atoms with Crippen LogP contribution in [0.2, 0.25) is 0 Å². The molecule has 0 aliphatic carbocycles. The number of carboxylic acids is 3. The van der Waals surface area contributed by atoms with Gasteiger partial charge < -0.3 is 19.8 Å². The van der Waals surface area contributed by atoms with Crippen molar-refractivity contribution in [3.05, 3.63) is 12.2 Å². The van der Waals surface area contributed by atoms with Gasteiger partial charge in [-0.3, -0.25) is 14.4 Å². The summed E-state index contributed by atoms with van der Waals surface area (Å²) in [5.74, 6) is -2.31. The first kappa shape index (κ1) is 33.1. The van der Waals surface area contributed by atoms with Crippen LogP contribution in [-0.2, 0) is 14.4 Å². The molecule has 0 radical (unpaired) electrons. The summed E-state index contributed by atoms with van der Waals surface area (Å²) in [5.41, 5.74) is 0. The second-order valence-corrected chi connectivity index (χ2v) is 9.97. The van der Waals surface area contributed by atoms with Gasteiger partial charge in [-0.15, -0.1) is 0 Å². The van der Waals surface area contributed by atoms with Crippen LogP contribution in [0.4, 0.5) is 0 Å². The van der Waals surface area contributed by atoms with Crippen LogP contribution in [0.3, 0.4) is 0 Å². The number of aliphatic carboxylic acids is 3. The normalized spacial score (nSPS) is 11.8. The average molecular weight is 499 g/mol. The van der Waals surface area contributed by atoms with Crippen molar-refractivity contribution < 1.29 is 34.2 Å². The summed E-state index contributed by atoms with van der Waals surface area (Å²) in [6.07, 6.45) is 20.4. The fraction of sp³-hybridized carbons (Fsp3) is 0.821. The zero-order chi connectivity index (χ0) is 26.2. The molecule has 0 unspecified atom stereocenters. The van der Waals surface area contributed by atoms with Gasteiger partial charge in [0, 0.05) is 19.3 Å². The third kappa shape index (κ3) is 22.3. The van der Waals surface area contributed by atoms with Crippen molar-refractivity contribution in [1.82, 2.24) is 0 Å². The van der Waals surface area contributed by atoms with Gasteiger partial charge in [0.15, 0.2) is 0 Å². The molecule has 0 spiro atoms. The number of nitrogens with zero attached hydrogens (tertiary/aromatic N) is 1. The summed E-state index contributed by atoms with van der Waals surface area (Å²) >= 11 is 0. The maximum Gasteiger partial charge on any atom is 0.303 e. The molecule has 0 bridgehead atoms. The van der Waals surface area contributed by atoms with Gasteiger partial charge in [-0.1, -0.05) is 44.3 Å². The smallest absolute Gasteiger partial charge is 0.303 e. The van der Waals surface area contributed by atoms with E-state index < -0.39 is 17.9 Å². The number of carboxylic acid groups (broad SMARTS) is 3. The van der Waals surface area contributed by atoms with Crippen molar-refractivity contribution in [1.29, 1.82) is 0 Å². The highest BCUT2D eigenvalue weighted by Crippen LogP contribution is 2.19. The fourth-order valence-electron chi connectivity index (χ4n) is 4.78. The molecule has 0 aromatic rings. The van der Waals surface area contributed by atoms with E-state index in [0.717, 1.165) is 56.3 Å². The van der Waals surface area contributed by atoms with Crippen molar-refractivity contribution in [2.45, 2.75) is 122 Å². The molecule has 0 fully saturated rings. The quantitative estimate of drug-likeness (QED) is 0.0699. The van der Waals surface area contributed by atoms with Gasteiger partial charge in [-0.05, 0) is 71.1 Å². The van der Waals surface area contributed by atoms with Gasteiger partial charge in [0.05, 0.1) is 26.2 Å². The zero-order valence-electron chi connectivity index (χ0n) is 22.2. The molecule has 0 aliphatic rings. The highest BCUT2D eigenvalue weighted by molar-refractivity contribution is 5.67. The van der Waals surface area contributed by atoms with E-state index in [1.165, 1.54) is 51.4 Å². The SMILES string of the molecule is C/C=C/CCCCCCCCCC[N+](CCCCC(=O)O)(CCCCC(=O)O)CCCCC(=O)O. The Morgan fingerprint density at radius 2 is 0.829 bits per heavy atom. The summed E-state index contributed by atoms with van der Waals surface area (Å²) in [7, 11) is 0. The molecule has 0 heterocycles. The van der Waals surface area contributed by atoms with E-state index in [1.807, 2.05) is 0 Å². The zero-order valence-corrected chi connectivity index (χ0v) is 22.2. The number of hydrogen-bond donors (Lipinski definition) is 3. The summed E-state index contributed by atoms with van der Waals surface area (Å²) in [5, 5.41) is 27.0. The van der Waals surface area contributed by atoms with Crippen LogP contribution >= 0.6 is 0 Å². The lowest BCUT2D eigenvalue weighted by Crippen LogP contribution is -2.51. The molecule has 0 saturated carbocycles. The summed E-state index contributed by atoms with van der Waals surface area (Å²) in [6.45, 7) is 5.74. The van der Waals surface area contributed by atoms with Gasteiger partial charge in [0.25, 0.3) is 0 Å². The topological polar surface area (TPSA) is 112 Å². The van der Waals surface area contributed by atoms with Crippen molar-refractivity contribution in [2.24, 2.45) is 0 Å². The molecular weight excluding hydrogens is 446 g/mol. The van der Waals surface area contributed by atoms with Crippen LogP contribution in [-0.4, -0.2) is 63.9 Å². The molecule has 3 N–H and O–H groups in total. The molecule has 0 atom stereocenters. The minimum absolute atomic E-state index is 0.173. The number of unbranched alkanes of at least 4 members (excludes halogenated alkanes) is 11. The molecule has 7 nitrogen and oxygen atoms in total. The molecule has 7 heteroatoms. The highest BCUT2D eigenvalue weighted by atomic mass is 16.4. The maximum atomic E-state index is 10.9. The van der Waals surface area contributed by atoms with E-state index in [1.54, 1.807) is 0 Å². The third-order valence-electron chi connectivity index (χ3n) is 6.81. The summed E-state index contributed by atoms with van der Waals surface area (Å²) in [6, 6.07) is 0. The van der Waals surface area contributed by atoms with Crippen molar-refractivity contribution >= 4 is 17.9 Å². The lowest BCUT2D eigenvalue weighted by atomic mass is 10.1. The van der Waals surface area contributed by atoms with Crippen LogP contribution in [0.25, 0.3) is 0 Å². The molecule has 35 heavy (non-hydrogen) atoms. The number of hydrogen-bond acceptors (Lipinski definition) is 3. The third-order valence-corrected chi connectivity index (χ3v) is 6.81. The second-order valence-electron chi connectivity index (χ2n) is 9.97. The van der Waals surface area contributed by atoms with E-state index in [-0.39, 0.29) is 19.3 Å². The van der Waals surface area contributed by atoms with Crippen LogP contribution in [0.1, 0.15) is 122 Å². The Balaban J connectivity index is 4.69. The van der Waals surface area contributed by atoms with Gasteiger partial charge >= 0.3 is 17.9 Å². The van der Waals surface area contributed by atoms with E-state index in [9.17, 15) is 14.4 Å². The first-order valence-electron chi connectivity index (χ1n) is 13.9. The Morgan fingerprint density at radius 3 is 1.17 bits per heavy atom. The number of allylic oxidation sites excluding steroid dienone is 2. The molecule has 0 aliphatic heterocycles. The van der Waals surface area contributed by atoms with Gasteiger partial charge in [-0.2, -0.15) is 0 Å². The predicted molar refractivity (Wildman–Crippen MR) is 141 cm³/mol. The predicted octanol–water partition coefficient (Wildman–Crippen LogP) is 6.65. The summed E-state index contributed by atoms with van der Waals surface area (Å²) in [4.78, 5) is 32.8. The number of rotatable bonds is 26. The Hall–Kier alpha value is -1.89. The fourth-order valence-corrected chi connectivity index (χ4v) is 4.78.